The van der Waals surface area contributed by atoms with Crippen molar-refractivity contribution in [3.8, 4) is 0 Å². The molecule has 17 heavy (non-hydrogen) atoms. The van der Waals surface area contributed by atoms with Crippen LogP contribution in [0.15, 0.2) is 28.7 Å². The number of likely N-dealkylation sites (tertiary alicyclic amines) is 1. The van der Waals surface area contributed by atoms with Gasteiger partial charge in [-0.05, 0) is 49.0 Å². The molecule has 0 amide bonds. The zero-order chi connectivity index (χ0) is 12.3. The van der Waals surface area contributed by atoms with Crippen LogP contribution < -0.4 is 0 Å². The van der Waals surface area contributed by atoms with E-state index >= 15 is 0 Å². The fourth-order valence-electron chi connectivity index (χ4n) is 2.50. The first-order valence-electron chi connectivity index (χ1n) is 6.58. The Kier molecular flexibility index (Phi) is 4.26. The number of hydrogen-bond donors (Lipinski definition) is 0. The van der Waals surface area contributed by atoms with E-state index in [0.717, 1.165) is 6.54 Å². The van der Waals surface area contributed by atoms with Crippen molar-refractivity contribution in [1.82, 2.24) is 4.90 Å². The quantitative estimate of drug-likeness (QED) is 0.796. The zero-order valence-electron chi connectivity index (χ0n) is 10.9. The minimum atomic E-state index is 0.591. The van der Waals surface area contributed by atoms with E-state index in [1.165, 1.54) is 42.4 Å². The first kappa shape index (κ1) is 13.1. The highest BCUT2D eigenvalue weighted by Gasteiger charge is 2.27. The highest BCUT2D eigenvalue weighted by atomic mass is 79.9. The highest BCUT2D eigenvalue weighted by Crippen LogP contribution is 2.34. The van der Waals surface area contributed by atoms with Gasteiger partial charge in [-0.3, -0.25) is 4.90 Å². The molecule has 2 rings (SSSR count). The summed E-state index contributed by atoms with van der Waals surface area (Å²) in [6, 6.07) is 8.67. The summed E-state index contributed by atoms with van der Waals surface area (Å²) in [6.45, 7) is 8.35. The van der Waals surface area contributed by atoms with Gasteiger partial charge in [-0.15, -0.1) is 0 Å². The first-order chi connectivity index (χ1) is 8.11. The molecule has 0 bridgehead atoms. The van der Waals surface area contributed by atoms with Crippen LogP contribution in [-0.4, -0.2) is 18.0 Å². The van der Waals surface area contributed by atoms with Gasteiger partial charge < -0.3 is 0 Å². The summed E-state index contributed by atoms with van der Waals surface area (Å²) in [5.74, 6) is 0. The predicted molar refractivity (Wildman–Crippen MR) is 77.1 cm³/mol. The average Bonchev–Trinajstić information content (AvgIpc) is 2.33. The van der Waals surface area contributed by atoms with E-state index in [9.17, 15) is 0 Å². The van der Waals surface area contributed by atoms with Crippen LogP contribution >= 0.6 is 15.9 Å². The molecule has 1 fully saturated rings. The van der Waals surface area contributed by atoms with Crippen molar-refractivity contribution in [3.05, 3.63) is 34.3 Å². The number of nitrogens with zero attached hydrogens (tertiary/aromatic N) is 1. The molecule has 0 aliphatic carbocycles. The SMILES string of the molecule is CCC1(C)CCN(Cc2cccc(Br)c2)CC1. The number of rotatable bonds is 3. The molecule has 1 heterocycles. The van der Waals surface area contributed by atoms with Crippen LogP contribution in [-0.2, 0) is 6.54 Å². The molecule has 0 unspecified atom stereocenters. The topological polar surface area (TPSA) is 3.24 Å². The molecule has 0 N–H and O–H groups in total. The Morgan fingerprint density at radius 2 is 2.00 bits per heavy atom. The molecule has 0 aromatic heterocycles. The lowest BCUT2D eigenvalue weighted by atomic mass is 9.78. The molecule has 1 aromatic rings. The van der Waals surface area contributed by atoms with Crippen molar-refractivity contribution in [2.75, 3.05) is 13.1 Å². The molecule has 2 heteroatoms. The van der Waals surface area contributed by atoms with E-state index in [-0.39, 0.29) is 0 Å². The molecule has 1 aliphatic heterocycles. The van der Waals surface area contributed by atoms with Crippen LogP contribution in [0, 0.1) is 5.41 Å². The second-order valence-corrected chi connectivity index (χ2v) is 6.49. The van der Waals surface area contributed by atoms with Crippen LogP contribution in [0.2, 0.25) is 0 Å². The first-order valence-corrected chi connectivity index (χ1v) is 7.37. The van der Waals surface area contributed by atoms with Gasteiger partial charge in [0.05, 0.1) is 0 Å². The lowest BCUT2D eigenvalue weighted by Gasteiger charge is -2.39. The van der Waals surface area contributed by atoms with Crippen LogP contribution in [0.3, 0.4) is 0 Å². The van der Waals surface area contributed by atoms with Gasteiger partial charge in [0.25, 0.3) is 0 Å². The summed E-state index contributed by atoms with van der Waals surface area (Å²) in [6.07, 6.45) is 4.01. The number of piperidine rings is 1. The maximum absolute atomic E-state index is 3.54. The minimum absolute atomic E-state index is 0.591. The van der Waals surface area contributed by atoms with E-state index in [4.69, 9.17) is 0 Å². The molecular weight excluding hydrogens is 274 g/mol. The molecule has 1 nitrogen and oxygen atoms in total. The van der Waals surface area contributed by atoms with Crippen molar-refractivity contribution in [2.45, 2.75) is 39.7 Å². The Labute approximate surface area is 113 Å². The fraction of sp³-hybridized carbons (Fsp3) is 0.600. The monoisotopic (exact) mass is 295 g/mol. The largest absolute Gasteiger partial charge is 0.299 e. The average molecular weight is 296 g/mol. The summed E-state index contributed by atoms with van der Waals surface area (Å²) >= 11 is 3.54. The fourth-order valence-corrected chi connectivity index (χ4v) is 2.94. The standard InChI is InChI=1S/C15H22BrN/c1-3-15(2)7-9-17(10-8-15)12-13-5-4-6-14(16)11-13/h4-6,11H,3,7-10,12H2,1-2H3. The van der Waals surface area contributed by atoms with Crippen molar-refractivity contribution in [3.63, 3.8) is 0 Å². The Balaban J connectivity index is 1.90. The molecule has 0 spiro atoms. The smallest absolute Gasteiger partial charge is 0.0234 e. The van der Waals surface area contributed by atoms with E-state index in [0.29, 0.717) is 5.41 Å². The third kappa shape index (κ3) is 3.56. The Morgan fingerprint density at radius 3 is 2.59 bits per heavy atom. The molecule has 1 aromatic carbocycles. The molecular formula is C15H22BrN. The van der Waals surface area contributed by atoms with E-state index in [1.807, 2.05) is 0 Å². The Hall–Kier alpha value is -0.340. The molecule has 1 aliphatic rings. The maximum atomic E-state index is 3.54. The van der Waals surface area contributed by atoms with Crippen molar-refractivity contribution in [2.24, 2.45) is 5.41 Å². The lowest BCUT2D eigenvalue weighted by molar-refractivity contribution is 0.109. The minimum Gasteiger partial charge on any atom is -0.299 e. The van der Waals surface area contributed by atoms with Crippen molar-refractivity contribution >= 4 is 15.9 Å². The van der Waals surface area contributed by atoms with Gasteiger partial charge in [0, 0.05) is 11.0 Å². The highest BCUT2D eigenvalue weighted by molar-refractivity contribution is 9.10. The van der Waals surface area contributed by atoms with E-state index < -0.39 is 0 Å². The normalized spacial score (nSPS) is 20.4. The van der Waals surface area contributed by atoms with Crippen LogP contribution in [0.4, 0.5) is 0 Å². The second kappa shape index (κ2) is 5.53. The maximum Gasteiger partial charge on any atom is 0.0234 e. The van der Waals surface area contributed by atoms with Gasteiger partial charge in [0.2, 0.25) is 0 Å². The summed E-state index contributed by atoms with van der Waals surface area (Å²) in [4.78, 5) is 2.58. The van der Waals surface area contributed by atoms with Gasteiger partial charge in [0.1, 0.15) is 0 Å². The van der Waals surface area contributed by atoms with Gasteiger partial charge >= 0.3 is 0 Å². The van der Waals surface area contributed by atoms with Gasteiger partial charge in [0.15, 0.2) is 0 Å². The Bertz CT molecular complexity index is 367. The molecule has 0 radical (unpaired) electrons. The summed E-state index contributed by atoms with van der Waals surface area (Å²) < 4.78 is 1.19. The molecule has 0 atom stereocenters. The Morgan fingerprint density at radius 1 is 1.29 bits per heavy atom. The number of hydrogen-bond acceptors (Lipinski definition) is 1. The van der Waals surface area contributed by atoms with E-state index in [1.54, 1.807) is 0 Å². The van der Waals surface area contributed by atoms with Crippen LogP contribution in [0.1, 0.15) is 38.7 Å². The van der Waals surface area contributed by atoms with Gasteiger partial charge in [-0.1, -0.05) is 48.3 Å². The third-order valence-corrected chi connectivity index (χ3v) is 4.71. The number of benzene rings is 1. The van der Waals surface area contributed by atoms with Gasteiger partial charge in [-0.2, -0.15) is 0 Å². The lowest BCUT2D eigenvalue weighted by Crippen LogP contribution is -2.37. The van der Waals surface area contributed by atoms with Gasteiger partial charge in [-0.25, -0.2) is 0 Å². The molecule has 0 saturated carbocycles. The van der Waals surface area contributed by atoms with Crippen molar-refractivity contribution in [1.29, 1.82) is 0 Å². The summed E-state index contributed by atoms with van der Waals surface area (Å²) in [7, 11) is 0. The van der Waals surface area contributed by atoms with Crippen LogP contribution in [0.25, 0.3) is 0 Å². The molecule has 94 valence electrons. The predicted octanol–water partition coefficient (Wildman–Crippen LogP) is 4.46. The zero-order valence-corrected chi connectivity index (χ0v) is 12.5. The number of halogens is 1. The molecule has 1 saturated heterocycles. The summed E-state index contributed by atoms with van der Waals surface area (Å²) in [5, 5.41) is 0. The van der Waals surface area contributed by atoms with E-state index in [2.05, 4.69) is 58.9 Å². The van der Waals surface area contributed by atoms with Crippen molar-refractivity contribution < 1.29 is 0 Å². The van der Waals surface area contributed by atoms with Crippen LogP contribution in [0.5, 0.6) is 0 Å². The summed E-state index contributed by atoms with van der Waals surface area (Å²) in [5.41, 5.74) is 2.01. The third-order valence-electron chi connectivity index (χ3n) is 4.21. The second-order valence-electron chi connectivity index (χ2n) is 5.57.